The largest absolute Gasteiger partial charge is 0.380 e. The molecule has 1 aromatic heterocycles. The highest BCUT2D eigenvalue weighted by atomic mass is 16.5. The quantitative estimate of drug-likeness (QED) is 0.770. The summed E-state index contributed by atoms with van der Waals surface area (Å²) in [5.74, 6) is 1.69. The monoisotopic (exact) mass is 265 g/mol. The lowest BCUT2D eigenvalue weighted by atomic mass is 10.2. The molecule has 0 spiro atoms. The van der Waals surface area contributed by atoms with Gasteiger partial charge in [-0.15, -0.1) is 0 Å². The summed E-state index contributed by atoms with van der Waals surface area (Å²) < 4.78 is 8.10. The van der Waals surface area contributed by atoms with E-state index in [9.17, 15) is 0 Å². The molecule has 0 atom stereocenters. The Labute approximate surface area is 116 Å². The molecule has 0 radical (unpaired) electrons. The number of rotatable bonds is 7. The zero-order valence-corrected chi connectivity index (χ0v) is 12.5. The highest BCUT2D eigenvalue weighted by Crippen LogP contribution is 2.21. The number of ether oxygens (including phenoxy) is 1. The smallest absolute Gasteiger partial charge is 0.111 e. The van der Waals surface area contributed by atoms with Gasteiger partial charge in [0.2, 0.25) is 0 Å². The minimum atomic E-state index is 0.473. The van der Waals surface area contributed by atoms with E-state index in [1.54, 1.807) is 0 Å². The molecule has 1 aliphatic rings. The van der Waals surface area contributed by atoms with Crippen molar-refractivity contribution in [1.29, 1.82) is 0 Å². The van der Waals surface area contributed by atoms with Gasteiger partial charge in [-0.05, 0) is 6.42 Å². The van der Waals surface area contributed by atoms with Crippen LogP contribution in [0, 0.1) is 0 Å². The number of hydrogen-bond donors (Lipinski definition) is 1. The van der Waals surface area contributed by atoms with Crippen LogP contribution in [0.25, 0.3) is 0 Å². The summed E-state index contributed by atoms with van der Waals surface area (Å²) in [6.07, 6.45) is 3.44. The van der Waals surface area contributed by atoms with Gasteiger partial charge < -0.3 is 14.6 Å². The lowest BCUT2D eigenvalue weighted by Crippen LogP contribution is -2.25. The van der Waals surface area contributed by atoms with Gasteiger partial charge in [0.1, 0.15) is 5.82 Å². The molecule has 0 saturated heterocycles. The third-order valence-electron chi connectivity index (χ3n) is 3.63. The third-order valence-corrected chi connectivity index (χ3v) is 3.63. The molecule has 108 valence electrons. The second-order valence-electron chi connectivity index (χ2n) is 5.56. The van der Waals surface area contributed by atoms with Crippen LogP contribution in [0.4, 0.5) is 0 Å². The minimum absolute atomic E-state index is 0.473. The van der Waals surface area contributed by atoms with Gasteiger partial charge in [0, 0.05) is 44.3 Å². The first-order valence-corrected chi connectivity index (χ1v) is 7.60. The Balaban J connectivity index is 2.02. The second-order valence-corrected chi connectivity index (χ2v) is 5.56. The molecule has 0 aromatic carbocycles. The lowest BCUT2D eigenvalue weighted by Gasteiger charge is -2.17. The molecule has 19 heavy (non-hydrogen) atoms. The number of nitrogens with zero attached hydrogens (tertiary/aromatic N) is 2. The molecule has 2 rings (SSSR count). The fourth-order valence-corrected chi connectivity index (χ4v) is 2.59. The average Bonchev–Trinajstić information content (AvgIpc) is 2.78. The van der Waals surface area contributed by atoms with Crippen LogP contribution in [-0.2, 0) is 24.2 Å². The predicted molar refractivity (Wildman–Crippen MR) is 77.5 cm³/mol. The van der Waals surface area contributed by atoms with Crippen molar-refractivity contribution in [1.82, 2.24) is 14.9 Å². The van der Waals surface area contributed by atoms with Crippen molar-refractivity contribution in [3.63, 3.8) is 0 Å². The SMILES string of the molecule is CCCCOCCn1c(C(C)C)nc2c1CCNC2. The van der Waals surface area contributed by atoms with Crippen molar-refractivity contribution < 1.29 is 4.74 Å². The second kappa shape index (κ2) is 7.06. The van der Waals surface area contributed by atoms with Crippen LogP contribution < -0.4 is 5.32 Å². The molecular weight excluding hydrogens is 238 g/mol. The van der Waals surface area contributed by atoms with Crippen molar-refractivity contribution in [2.45, 2.75) is 59.0 Å². The summed E-state index contributed by atoms with van der Waals surface area (Å²) in [6, 6.07) is 0. The molecule has 0 unspecified atom stereocenters. The third kappa shape index (κ3) is 3.57. The molecule has 4 heteroatoms. The number of imidazole rings is 1. The Morgan fingerprint density at radius 3 is 2.95 bits per heavy atom. The van der Waals surface area contributed by atoms with E-state index in [4.69, 9.17) is 9.72 Å². The molecule has 0 aliphatic carbocycles. The van der Waals surface area contributed by atoms with Crippen LogP contribution >= 0.6 is 0 Å². The number of aromatic nitrogens is 2. The van der Waals surface area contributed by atoms with Crippen LogP contribution in [0.15, 0.2) is 0 Å². The Hall–Kier alpha value is -0.870. The van der Waals surface area contributed by atoms with Crippen molar-refractivity contribution in [3.8, 4) is 0 Å². The fourth-order valence-electron chi connectivity index (χ4n) is 2.59. The van der Waals surface area contributed by atoms with E-state index >= 15 is 0 Å². The summed E-state index contributed by atoms with van der Waals surface area (Å²) in [6.45, 7) is 11.2. The van der Waals surface area contributed by atoms with Crippen LogP contribution in [0.2, 0.25) is 0 Å². The number of hydrogen-bond acceptors (Lipinski definition) is 3. The van der Waals surface area contributed by atoms with Gasteiger partial charge in [-0.1, -0.05) is 27.2 Å². The first kappa shape index (κ1) is 14.5. The first-order valence-electron chi connectivity index (χ1n) is 7.60. The maximum absolute atomic E-state index is 5.71. The summed E-state index contributed by atoms with van der Waals surface area (Å²) in [5, 5.41) is 3.40. The summed E-state index contributed by atoms with van der Waals surface area (Å²) in [5.41, 5.74) is 2.66. The van der Waals surface area contributed by atoms with Crippen LogP contribution in [0.1, 0.15) is 56.7 Å². The van der Waals surface area contributed by atoms with Gasteiger partial charge in [-0.3, -0.25) is 0 Å². The summed E-state index contributed by atoms with van der Waals surface area (Å²) in [4.78, 5) is 4.81. The van der Waals surface area contributed by atoms with Crippen LogP contribution in [-0.4, -0.2) is 29.3 Å². The molecule has 4 nitrogen and oxygen atoms in total. The normalized spacial score (nSPS) is 14.9. The maximum atomic E-state index is 5.71. The minimum Gasteiger partial charge on any atom is -0.380 e. The van der Waals surface area contributed by atoms with Crippen molar-refractivity contribution >= 4 is 0 Å². The Kier molecular flexibility index (Phi) is 5.40. The molecular formula is C15H27N3O. The van der Waals surface area contributed by atoms with E-state index in [1.165, 1.54) is 23.6 Å². The zero-order chi connectivity index (χ0) is 13.7. The Bertz CT molecular complexity index is 398. The number of unbranched alkanes of at least 4 members (excludes halogenated alkanes) is 1. The van der Waals surface area contributed by atoms with E-state index in [0.29, 0.717) is 5.92 Å². The predicted octanol–water partition coefficient (Wildman–Crippen LogP) is 2.47. The number of nitrogens with one attached hydrogen (secondary N) is 1. The Morgan fingerprint density at radius 2 is 2.21 bits per heavy atom. The fraction of sp³-hybridized carbons (Fsp3) is 0.800. The van der Waals surface area contributed by atoms with Crippen LogP contribution in [0.3, 0.4) is 0 Å². The topological polar surface area (TPSA) is 39.1 Å². The van der Waals surface area contributed by atoms with E-state index in [1.807, 2.05) is 0 Å². The van der Waals surface area contributed by atoms with E-state index in [0.717, 1.165) is 45.7 Å². The molecule has 0 bridgehead atoms. The highest BCUT2D eigenvalue weighted by Gasteiger charge is 2.20. The van der Waals surface area contributed by atoms with Crippen LogP contribution in [0.5, 0.6) is 0 Å². The zero-order valence-electron chi connectivity index (χ0n) is 12.5. The van der Waals surface area contributed by atoms with E-state index in [-0.39, 0.29) is 0 Å². The van der Waals surface area contributed by atoms with Crippen molar-refractivity contribution in [3.05, 3.63) is 17.2 Å². The highest BCUT2D eigenvalue weighted by molar-refractivity contribution is 5.21. The lowest BCUT2D eigenvalue weighted by molar-refractivity contribution is 0.122. The molecule has 0 amide bonds. The molecule has 2 heterocycles. The Morgan fingerprint density at radius 1 is 1.37 bits per heavy atom. The molecule has 0 saturated carbocycles. The van der Waals surface area contributed by atoms with Gasteiger partial charge in [0.05, 0.1) is 12.3 Å². The average molecular weight is 265 g/mol. The van der Waals surface area contributed by atoms with Gasteiger partial charge >= 0.3 is 0 Å². The molecule has 1 aliphatic heterocycles. The molecule has 0 fully saturated rings. The van der Waals surface area contributed by atoms with Gasteiger partial charge in [0.15, 0.2) is 0 Å². The first-order chi connectivity index (χ1) is 9.24. The summed E-state index contributed by atoms with van der Waals surface area (Å²) in [7, 11) is 0. The van der Waals surface area contributed by atoms with Crippen molar-refractivity contribution in [2.75, 3.05) is 19.8 Å². The van der Waals surface area contributed by atoms with Gasteiger partial charge in [-0.2, -0.15) is 0 Å². The standard InChI is InChI=1S/C15H27N3O/c1-4-5-9-19-10-8-18-14-6-7-16-11-13(14)17-15(18)12(2)3/h12,16H,4-11H2,1-3H3. The van der Waals surface area contributed by atoms with Gasteiger partial charge in [0.25, 0.3) is 0 Å². The molecule has 1 N–H and O–H groups in total. The molecule has 1 aromatic rings. The summed E-state index contributed by atoms with van der Waals surface area (Å²) >= 11 is 0. The van der Waals surface area contributed by atoms with E-state index < -0.39 is 0 Å². The van der Waals surface area contributed by atoms with Crippen molar-refractivity contribution in [2.24, 2.45) is 0 Å². The van der Waals surface area contributed by atoms with Gasteiger partial charge in [-0.25, -0.2) is 4.98 Å². The van der Waals surface area contributed by atoms with E-state index in [2.05, 4.69) is 30.7 Å². The maximum Gasteiger partial charge on any atom is 0.111 e. The number of fused-ring (bicyclic) bond motifs is 1.